The van der Waals surface area contributed by atoms with Gasteiger partial charge in [0.15, 0.2) is 5.82 Å². The van der Waals surface area contributed by atoms with Gasteiger partial charge in [-0.3, -0.25) is 4.79 Å². The van der Waals surface area contributed by atoms with Crippen LogP contribution in [0.5, 0.6) is 0 Å². The molecule has 5 rings (SSSR count). The standard InChI is InChI=1S/C22H24ClN5OS/c1-14-19(30-21(24-14)15-7-5-8-16(23)13-15)22(29)27-12-6-9-17(27)20-26-25-18-10-3-2-4-11-28(18)20/h5,7-8,13,17H,2-4,6,9-12H2,1H3. The number of hydrogen-bond acceptors (Lipinski definition) is 5. The van der Waals surface area contributed by atoms with Crippen LogP contribution in [0.4, 0.5) is 0 Å². The van der Waals surface area contributed by atoms with E-state index in [1.807, 2.05) is 36.1 Å². The quantitative estimate of drug-likeness (QED) is 0.569. The van der Waals surface area contributed by atoms with Crippen molar-refractivity contribution in [3.05, 3.63) is 51.5 Å². The summed E-state index contributed by atoms with van der Waals surface area (Å²) in [5, 5.41) is 10.5. The van der Waals surface area contributed by atoms with Gasteiger partial charge in [-0.1, -0.05) is 30.2 Å². The van der Waals surface area contributed by atoms with E-state index >= 15 is 0 Å². The van der Waals surface area contributed by atoms with Crippen molar-refractivity contribution in [1.29, 1.82) is 0 Å². The number of amides is 1. The first-order chi connectivity index (χ1) is 14.6. The van der Waals surface area contributed by atoms with Gasteiger partial charge in [0.25, 0.3) is 5.91 Å². The smallest absolute Gasteiger partial charge is 0.266 e. The lowest BCUT2D eigenvalue weighted by molar-refractivity contribution is 0.0731. The van der Waals surface area contributed by atoms with Crippen molar-refractivity contribution in [2.24, 2.45) is 0 Å². The van der Waals surface area contributed by atoms with Crippen LogP contribution in [0.15, 0.2) is 24.3 Å². The molecular weight excluding hydrogens is 418 g/mol. The monoisotopic (exact) mass is 441 g/mol. The molecule has 30 heavy (non-hydrogen) atoms. The molecule has 2 aliphatic rings. The van der Waals surface area contributed by atoms with Crippen molar-refractivity contribution in [2.75, 3.05) is 6.54 Å². The number of benzene rings is 1. The maximum atomic E-state index is 13.5. The molecule has 1 fully saturated rings. The summed E-state index contributed by atoms with van der Waals surface area (Å²) in [6.07, 6.45) is 6.43. The molecule has 6 nitrogen and oxygen atoms in total. The van der Waals surface area contributed by atoms with Crippen LogP contribution < -0.4 is 0 Å². The number of aryl methyl sites for hydroxylation is 2. The fourth-order valence-corrected chi connectivity index (χ4v) is 5.71. The van der Waals surface area contributed by atoms with Crippen LogP contribution in [0.25, 0.3) is 10.6 Å². The molecule has 4 heterocycles. The third-order valence-electron chi connectivity index (χ3n) is 6.01. The first kappa shape index (κ1) is 19.7. The Kier molecular flexibility index (Phi) is 5.33. The summed E-state index contributed by atoms with van der Waals surface area (Å²) in [5.41, 5.74) is 1.71. The molecule has 0 aliphatic carbocycles. The first-order valence-corrected chi connectivity index (χ1v) is 11.8. The number of rotatable bonds is 3. The number of halogens is 1. The van der Waals surface area contributed by atoms with Gasteiger partial charge in [0.2, 0.25) is 0 Å². The molecule has 0 N–H and O–H groups in total. The van der Waals surface area contributed by atoms with Gasteiger partial charge in [0.1, 0.15) is 15.7 Å². The molecule has 3 aromatic rings. The summed E-state index contributed by atoms with van der Waals surface area (Å²) >= 11 is 7.58. The Morgan fingerprint density at radius 1 is 1.17 bits per heavy atom. The maximum Gasteiger partial charge on any atom is 0.266 e. The summed E-state index contributed by atoms with van der Waals surface area (Å²) < 4.78 is 2.26. The van der Waals surface area contributed by atoms with Gasteiger partial charge in [-0.25, -0.2) is 4.98 Å². The highest BCUT2D eigenvalue weighted by Gasteiger charge is 2.36. The molecule has 1 atom stereocenters. The number of nitrogens with zero attached hydrogens (tertiary/aromatic N) is 5. The highest BCUT2D eigenvalue weighted by atomic mass is 35.5. The second-order valence-corrected chi connectivity index (χ2v) is 9.47. The van der Waals surface area contributed by atoms with E-state index in [1.165, 1.54) is 17.8 Å². The van der Waals surface area contributed by atoms with Crippen molar-refractivity contribution in [3.63, 3.8) is 0 Å². The summed E-state index contributed by atoms with van der Waals surface area (Å²) in [5.74, 6) is 2.07. The van der Waals surface area contributed by atoms with Crippen molar-refractivity contribution in [1.82, 2.24) is 24.6 Å². The first-order valence-electron chi connectivity index (χ1n) is 10.6. The predicted octanol–water partition coefficient (Wildman–Crippen LogP) is 5.07. The van der Waals surface area contributed by atoms with Gasteiger partial charge in [-0.15, -0.1) is 21.5 Å². The lowest BCUT2D eigenvalue weighted by Gasteiger charge is -2.24. The molecule has 2 aromatic heterocycles. The van der Waals surface area contributed by atoms with Crippen LogP contribution in [-0.4, -0.2) is 37.1 Å². The van der Waals surface area contributed by atoms with Crippen molar-refractivity contribution >= 4 is 28.8 Å². The molecule has 1 aromatic carbocycles. The Morgan fingerprint density at radius 2 is 2.07 bits per heavy atom. The van der Waals surface area contributed by atoms with Crippen LogP contribution in [-0.2, 0) is 13.0 Å². The van der Waals surface area contributed by atoms with E-state index in [0.29, 0.717) is 9.90 Å². The van der Waals surface area contributed by atoms with Gasteiger partial charge in [-0.05, 0) is 44.7 Å². The minimum atomic E-state index is -0.00651. The number of fused-ring (bicyclic) bond motifs is 1. The molecule has 0 spiro atoms. The zero-order valence-corrected chi connectivity index (χ0v) is 18.5. The molecule has 0 bridgehead atoms. The van der Waals surface area contributed by atoms with Crippen LogP contribution in [0.1, 0.15) is 65.2 Å². The van der Waals surface area contributed by atoms with E-state index < -0.39 is 0 Å². The minimum absolute atomic E-state index is 0.00651. The van der Waals surface area contributed by atoms with E-state index in [1.54, 1.807) is 0 Å². The summed E-state index contributed by atoms with van der Waals surface area (Å²) in [6.45, 7) is 3.61. The van der Waals surface area contributed by atoms with Gasteiger partial charge < -0.3 is 9.47 Å². The molecule has 1 amide bonds. The van der Waals surface area contributed by atoms with Crippen molar-refractivity contribution in [2.45, 2.75) is 58.0 Å². The van der Waals surface area contributed by atoms with E-state index in [2.05, 4.69) is 19.7 Å². The van der Waals surface area contributed by atoms with E-state index in [9.17, 15) is 4.79 Å². The second kappa shape index (κ2) is 8.12. The third-order valence-corrected chi connectivity index (χ3v) is 7.44. The van der Waals surface area contributed by atoms with Gasteiger partial charge in [-0.2, -0.15) is 0 Å². The Bertz CT molecular complexity index is 1090. The Hall–Kier alpha value is -2.25. The fourth-order valence-electron chi connectivity index (χ4n) is 4.50. The number of hydrogen-bond donors (Lipinski definition) is 0. The zero-order valence-electron chi connectivity index (χ0n) is 17.0. The van der Waals surface area contributed by atoms with E-state index in [-0.39, 0.29) is 11.9 Å². The number of carbonyl (C=O) groups excluding carboxylic acids is 1. The molecular formula is C22H24ClN5OS. The lowest BCUT2D eigenvalue weighted by Crippen LogP contribution is -2.32. The summed E-state index contributed by atoms with van der Waals surface area (Å²) in [6, 6.07) is 7.60. The molecule has 2 aliphatic heterocycles. The van der Waals surface area contributed by atoms with Crippen LogP contribution in [0, 0.1) is 6.92 Å². The molecule has 0 radical (unpaired) electrons. The Labute approximate surface area is 184 Å². The molecule has 0 saturated carbocycles. The number of thiazole rings is 1. The topological polar surface area (TPSA) is 63.9 Å². The Morgan fingerprint density at radius 3 is 2.93 bits per heavy atom. The summed E-state index contributed by atoms with van der Waals surface area (Å²) in [7, 11) is 0. The summed E-state index contributed by atoms with van der Waals surface area (Å²) in [4.78, 5) is 20.9. The third kappa shape index (κ3) is 3.54. The lowest BCUT2D eigenvalue weighted by atomic mass is 10.2. The highest BCUT2D eigenvalue weighted by molar-refractivity contribution is 7.17. The second-order valence-electron chi connectivity index (χ2n) is 8.04. The SMILES string of the molecule is Cc1nc(-c2cccc(Cl)c2)sc1C(=O)N1CCCC1c1nnc2n1CCCCC2. The minimum Gasteiger partial charge on any atom is -0.328 e. The van der Waals surface area contributed by atoms with Crippen LogP contribution in [0.2, 0.25) is 5.02 Å². The number of aromatic nitrogens is 4. The van der Waals surface area contributed by atoms with Gasteiger partial charge >= 0.3 is 0 Å². The van der Waals surface area contributed by atoms with E-state index in [4.69, 9.17) is 11.6 Å². The normalized spacial score (nSPS) is 19.0. The van der Waals surface area contributed by atoms with E-state index in [0.717, 1.165) is 73.1 Å². The molecule has 1 saturated heterocycles. The molecule has 156 valence electrons. The average Bonchev–Trinajstić information content (AvgIpc) is 3.42. The van der Waals surface area contributed by atoms with Crippen molar-refractivity contribution < 1.29 is 4.79 Å². The zero-order chi connectivity index (χ0) is 20.7. The average molecular weight is 442 g/mol. The fraction of sp³-hybridized carbons (Fsp3) is 0.455. The number of carbonyl (C=O) groups is 1. The highest BCUT2D eigenvalue weighted by Crippen LogP contribution is 2.36. The van der Waals surface area contributed by atoms with Crippen LogP contribution >= 0.6 is 22.9 Å². The maximum absolute atomic E-state index is 13.5. The largest absolute Gasteiger partial charge is 0.328 e. The van der Waals surface area contributed by atoms with Gasteiger partial charge in [0.05, 0.1) is 11.7 Å². The van der Waals surface area contributed by atoms with Crippen LogP contribution in [0.3, 0.4) is 0 Å². The molecule has 1 unspecified atom stereocenters. The Balaban J connectivity index is 1.44. The van der Waals surface area contributed by atoms with Gasteiger partial charge in [0, 0.05) is 30.1 Å². The van der Waals surface area contributed by atoms with Crippen molar-refractivity contribution in [3.8, 4) is 10.6 Å². The predicted molar refractivity (Wildman–Crippen MR) is 118 cm³/mol. The molecule has 8 heteroatoms. The number of likely N-dealkylation sites (tertiary alicyclic amines) is 1.